The van der Waals surface area contributed by atoms with Gasteiger partial charge in [-0.1, -0.05) is 5.16 Å². The maximum absolute atomic E-state index is 13.7. The van der Waals surface area contributed by atoms with Gasteiger partial charge in [-0.3, -0.25) is 4.52 Å². The number of anilines is 1. The van der Waals surface area contributed by atoms with Gasteiger partial charge in [0.1, 0.15) is 47.0 Å². The number of benzene rings is 1. The largest absolute Gasteiger partial charge is 0.446 e. The lowest BCUT2D eigenvalue weighted by molar-refractivity contribution is 0.309. The van der Waals surface area contributed by atoms with E-state index >= 15 is 0 Å². The second kappa shape index (κ2) is 7.65. The third-order valence-electron chi connectivity index (χ3n) is 5.74. The molecule has 1 fully saturated rings. The van der Waals surface area contributed by atoms with Crippen molar-refractivity contribution in [3.05, 3.63) is 39.0 Å². The Labute approximate surface area is 194 Å². The van der Waals surface area contributed by atoms with Crippen molar-refractivity contribution in [1.82, 2.24) is 20.0 Å². The Hall–Kier alpha value is -2.28. The zero-order valence-corrected chi connectivity index (χ0v) is 20.1. The van der Waals surface area contributed by atoms with Gasteiger partial charge in [0.15, 0.2) is 5.69 Å². The third kappa shape index (κ3) is 3.64. The summed E-state index contributed by atoms with van der Waals surface area (Å²) in [7, 11) is 3.42. The van der Waals surface area contributed by atoms with E-state index in [2.05, 4.69) is 36.7 Å². The standard InChI is InChI=1S/C15H17B4BrFN5O5S/c16-14(17)4-6(5-15(18,19)32(14,28)29)22-11-10(23-31-24-11)12-25-30-13(27)26(12)7-1-2-9(21)8(20)3-7/h1-3,6H,4-5,16-19H2,(H,22,24). The number of sulfone groups is 1. The number of halogens is 2. The van der Waals surface area contributed by atoms with Crippen molar-refractivity contribution in [2.24, 2.45) is 0 Å². The summed E-state index contributed by atoms with van der Waals surface area (Å²) in [6, 6.07) is 3.71. The molecule has 0 atom stereocenters. The highest BCUT2D eigenvalue weighted by molar-refractivity contribution is 9.10. The van der Waals surface area contributed by atoms with Crippen LogP contribution in [0.2, 0.25) is 0 Å². The number of rotatable bonds is 4. The molecule has 3 heterocycles. The average Bonchev–Trinajstić information content (AvgIpc) is 3.28. The van der Waals surface area contributed by atoms with Gasteiger partial charge in [-0.25, -0.2) is 26.8 Å². The molecule has 3 aromatic rings. The van der Waals surface area contributed by atoms with Gasteiger partial charge >= 0.3 is 5.76 Å². The van der Waals surface area contributed by atoms with Crippen LogP contribution in [0.3, 0.4) is 0 Å². The molecule has 1 aliphatic heterocycles. The molecule has 0 radical (unpaired) electrons. The van der Waals surface area contributed by atoms with Crippen LogP contribution in [0.5, 0.6) is 0 Å². The van der Waals surface area contributed by atoms with E-state index in [1.807, 2.05) is 0 Å². The van der Waals surface area contributed by atoms with E-state index in [0.717, 1.165) is 4.57 Å². The van der Waals surface area contributed by atoms with E-state index in [9.17, 15) is 17.6 Å². The fourth-order valence-corrected chi connectivity index (χ4v) is 6.91. The lowest BCUT2D eigenvalue weighted by Gasteiger charge is -2.45. The van der Waals surface area contributed by atoms with Crippen LogP contribution in [0.1, 0.15) is 12.8 Å². The number of nitrogens with one attached hydrogen (secondary N) is 1. The summed E-state index contributed by atoms with van der Waals surface area (Å²) in [4.78, 5) is 12.3. The van der Waals surface area contributed by atoms with Crippen molar-refractivity contribution in [2.75, 3.05) is 5.32 Å². The summed E-state index contributed by atoms with van der Waals surface area (Å²) in [5.74, 6) is -1.12. The molecule has 2 aromatic heterocycles. The van der Waals surface area contributed by atoms with Crippen molar-refractivity contribution < 1.29 is 22.0 Å². The first-order chi connectivity index (χ1) is 14.8. The van der Waals surface area contributed by atoms with Gasteiger partial charge in [0.2, 0.25) is 11.6 Å². The smallest absolute Gasteiger partial charge is 0.363 e. The van der Waals surface area contributed by atoms with Crippen molar-refractivity contribution in [3.8, 4) is 17.2 Å². The Morgan fingerprint density at radius 1 is 1.16 bits per heavy atom. The summed E-state index contributed by atoms with van der Waals surface area (Å²) in [5.41, 5.74) is 0.389. The van der Waals surface area contributed by atoms with Gasteiger partial charge in [-0.15, -0.1) is 0 Å². The highest BCUT2D eigenvalue weighted by atomic mass is 79.9. The zero-order valence-electron chi connectivity index (χ0n) is 17.7. The topological polar surface area (TPSA) is 133 Å². The normalized spacial score (nSPS) is 19.6. The Kier molecular flexibility index (Phi) is 5.47. The molecule has 17 heteroatoms. The second-order valence-electron chi connectivity index (χ2n) is 8.94. The van der Waals surface area contributed by atoms with Crippen LogP contribution in [0, 0.1) is 5.82 Å². The molecular weight excluding hydrogens is 504 g/mol. The summed E-state index contributed by atoms with van der Waals surface area (Å²) in [6.07, 6.45) is 0.670. The van der Waals surface area contributed by atoms with Crippen LogP contribution in [-0.2, 0) is 9.84 Å². The first-order valence-electron chi connectivity index (χ1n) is 9.72. The monoisotopic (exact) mass is 521 g/mol. The lowest BCUT2D eigenvalue weighted by Crippen LogP contribution is -2.62. The highest BCUT2D eigenvalue weighted by Crippen LogP contribution is 2.37. The molecule has 1 N–H and O–H groups in total. The maximum atomic E-state index is 13.7. The van der Waals surface area contributed by atoms with Gasteiger partial charge in [-0.2, -0.15) is 0 Å². The number of aromatic nitrogens is 4. The minimum absolute atomic E-state index is 0.000732. The summed E-state index contributed by atoms with van der Waals surface area (Å²) in [6.45, 7) is 0. The fourth-order valence-electron chi connectivity index (χ4n) is 4.20. The van der Waals surface area contributed by atoms with Crippen LogP contribution in [0.15, 0.2) is 36.6 Å². The minimum atomic E-state index is -3.37. The van der Waals surface area contributed by atoms with E-state index in [1.54, 1.807) is 31.4 Å². The predicted octanol–water partition coefficient (Wildman–Crippen LogP) is -2.39. The molecule has 32 heavy (non-hydrogen) atoms. The molecule has 0 amide bonds. The van der Waals surface area contributed by atoms with Gasteiger partial charge in [-0.05, 0) is 57.3 Å². The van der Waals surface area contributed by atoms with E-state index in [4.69, 9.17) is 9.15 Å². The van der Waals surface area contributed by atoms with Crippen molar-refractivity contribution in [2.45, 2.75) is 28.0 Å². The molecule has 4 rings (SSSR count). The Balaban J connectivity index is 1.71. The van der Waals surface area contributed by atoms with Gasteiger partial charge in [0, 0.05) is 15.1 Å². The van der Waals surface area contributed by atoms with Crippen LogP contribution in [0.4, 0.5) is 10.2 Å². The van der Waals surface area contributed by atoms with Crippen molar-refractivity contribution >= 4 is 63.0 Å². The molecule has 0 saturated carbocycles. The number of nitrogens with zero attached hydrogens (tertiary/aromatic N) is 4. The molecule has 1 aliphatic rings. The van der Waals surface area contributed by atoms with Crippen LogP contribution < -0.4 is 11.1 Å². The molecule has 1 saturated heterocycles. The average molecular weight is 522 g/mol. The molecule has 1 aromatic carbocycles. The SMILES string of the molecule is BC1(B)CC(Nc2nonc2-c2noc(=O)n2-c2ccc(F)c(Br)c2)CC(B)(B)S1(=O)=O. The predicted molar refractivity (Wildman–Crippen MR) is 128 cm³/mol. The first kappa shape index (κ1) is 22.9. The Morgan fingerprint density at radius 2 is 1.81 bits per heavy atom. The van der Waals surface area contributed by atoms with Gasteiger partial charge in [0.25, 0.3) is 0 Å². The Morgan fingerprint density at radius 3 is 2.44 bits per heavy atom. The van der Waals surface area contributed by atoms with E-state index < -0.39 is 30.5 Å². The van der Waals surface area contributed by atoms with E-state index in [-0.39, 0.29) is 27.9 Å². The van der Waals surface area contributed by atoms with Crippen LogP contribution in [-0.4, -0.2) is 75.0 Å². The summed E-state index contributed by atoms with van der Waals surface area (Å²) in [5, 5.41) is 14.7. The zero-order chi connectivity index (χ0) is 23.5. The minimum Gasteiger partial charge on any atom is -0.363 e. The van der Waals surface area contributed by atoms with Gasteiger partial charge in [0.05, 0.1) is 10.2 Å². The highest BCUT2D eigenvalue weighted by Gasteiger charge is 2.51. The summed E-state index contributed by atoms with van der Waals surface area (Å²) >= 11 is 3.09. The first-order valence-corrected chi connectivity index (χ1v) is 12.0. The molecule has 10 nitrogen and oxygen atoms in total. The van der Waals surface area contributed by atoms with Gasteiger partial charge < -0.3 is 5.32 Å². The number of hydrogen-bond donors (Lipinski definition) is 1. The summed E-state index contributed by atoms with van der Waals surface area (Å²) < 4.78 is 48.5. The number of hydrogen-bond acceptors (Lipinski definition) is 9. The molecule has 164 valence electrons. The molecule has 0 spiro atoms. The van der Waals surface area contributed by atoms with Crippen LogP contribution >= 0.6 is 15.9 Å². The molecule has 0 bridgehead atoms. The molecular formula is C15H17B4BrFN5O5S. The maximum Gasteiger partial charge on any atom is 0.446 e. The van der Waals surface area contributed by atoms with E-state index in [0.29, 0.717) is 18.5 Å². The van der Waals surface area contributed by atoms with Crippen molar-refractivity contribution in [1.29, 1.82) is 0 Å². The lowest BCUT2D eigenvalue weighted by atomic mass is 9.60. The van der Waals surface area contributed by atoms with E-state index in [1.165, 1.54) is 18.2 Å². The quantitative estimate of drug-likeness (QED) is 0.373. The molecule has 0 aliphatic carbocycles. The third-order valence-corrected chi connectivity index (χ3v) is 9.59. The molecule has 0 unspecified atom stereocenters. The fraction of sp³-hybridized carbons (Fsp3) is 0.333. The van der Waals surface area contributed by atoms with Crippen molar-refractivity contribution in [3.63, 3.8) is 0 Å². The van der Waals surface area contributed by atoms with Crippen LogP contribution in [0.25, 0.3) is 17.2 Å². The second-order valence-corrected chi connectivity index (χ2v) is 13.0. The Bertz CT molecular complexity index is 1330.